The van der Waals surface area contributed by atoms with Crippen molar-refractivity contribution >= 4 is 12.2 Å². The van der Waals surface area contributed by atoms with Crippen molar-refractivity contribution in [2.24, 2.45) is 0 Å². The Bertz CT molecular complexity index is 235. The Kier molecular flexibility index (Phi) is 4.40. The van der Waals surface area contributed by atoms with E-state index in [1.54, 1.807) is 0 Å². The van der Waals surface area contributed by atoms with Crippen LogP contribution >= 0.6 is 12.2 Å². The summed E-state index contributed by atoms with van der Waals surface area (Å²) >= 11 is 4.84. The molecular weight excluding hydrogens is 141 g/mol. The number of pyridine rings is 1. The van der Waals surface area contributed by atoms with Crippen LogP contribution < -0.4 is 29.6 Å². The van der Waals surface area contributed by atoms with Crippen molar-refractivity contribution in [2.75, 3.05) is 0 Å². The van der Waals surface area contributed by atoms with Crippen molar-refractivity contribution in [2.45, 2.75) is 6.92 Å². The molecule has 0 fully saturated rings. The molecule has 9 heavy (non-hydrogen) atoms. The minimum Gasteiger partial charge on any atom is -1.00 e. The fraction of sp³-hybridized carbons (Fsp3) is 0.167. The predicted molar refractivity (Wildman–Crippen MR) is 37.5 cm³/mol. The normalized spacial score (nSPS) is 8.11. The Labute approximate surface area is 83.3 Å². The van der Waals surface area contributed by atoms with Gasteiger partial charge in [0.1, 0.15) is 4.64 Å². The second-order valence-corrected chi connectivity index (χ2v) is 2.14. The van der Waals surface area contributed by atoms with E-state index in [0.717, 1.165) is 10.3 Å². The van der Waals surface area contributed by atoms with Gasteiger partial charge in [-0.15, -0.1) is 0 Å². The van der Waals surface area contributed by atoms with Gasteiger partial charge in [-0.2, -0.15) is 0 Å². The number of aromatic nitrogens is 1. The van der Waals surface area contributed by atoms with Crippen LogP contribution in [0.1, 0.15) is 7.12 Å². The quantitative estimate of drug-likeness (QED) is 0.376. The second kappa shape index (κ2) is 4.23. The third-order valence-electron chi connectivity index (χ3n) is 0.914. The Hall–Kier alpha value is 0.370. The topological polar surface area (TPSA) is 15.8 Å². The maximum atomic E-state index is 4.84. The maximum Gasteiger partial charge on any atom is 1.00 e. The smallest absolute Gasteiger partial charge is 1.00 e. The molecule has 0 radical (unpaired) electrons. The number of aryl methyl sites for hydroxylation is 1. The Morgan fingerprint density at radius 3 is 2.56 bits per heavy atom. The van der Waals surface area contributed by atoms with Gasteiger partial charge in [0.2, 0.25) is 0 Å². The molecule has 0 amide bonds. The molecule has 0 atom stereocenters. The first kappa shape index (κ1) is 9.37. The Morgan fingerprint density at radius 1 is 1.56 bits per heavy atom. The first-order valence-corrected chi connectivity index (χ1v) is 2.86. The van der Waals surface area contributed by atoms with Gasteiger partial charge in [0.15, 0.2) is 0 Å². The molecule has 3 heteroatoms. The summed E-state index contributed by atoms with van der Waals surface area (Å²) in [6, 6.07) is 5.78. The summed E-state index contributed by atoms with van der Waals surface area (Å²) in [5.41, 5.74) is 1.11. The molecule has 0 saturated carbocycles. The third-order valence-corrected chi connectivity index (χ3v) is 1.15. The minimum atomic E-state index is 0. The van der Waals surface area contributed by atoms with Crippen LogP contribution in [0.2, 0.25) is 0 Å². The van der Waals surface area contributed by atoms with E-state index >= 15 is 0 Å². The zero-order valence-electron chi connectivity index (χ0n) is 6.64. The van der Waals surface area contributed by atoms with Crippen LogP contribution in [0.4, 0.5) is 0 Å². The SMILES string of the molecule is Cc1cccc(=S)[nH]1.[H-].[Na+]. The van der Waals surface area contributed by atoms with Crippen molar-refractivity contribution in [1.29, 1.82) is 0 Å². The number of nitrogens with one attached hydrogen (secondary N) is 1. The molecule has 0 aliphatic rings. The van der Waals surface area contributed by atoms with Crippen molar-refractivity contribution in [1.82, 2.24) is 4.98 Å². The summed E-state index contributed by atoms with van der Waals surface area (Å²) in [5.74, 6) is 0. The van der Waals surface area contributed by atoms with E-state index in [1.165, 1.54) is 0 Å². The van der Waals surface area contributed by atoms with Gasteiger partial charge in [-0.1, -0.05) is 18.3 Å². The van der Waals surface area contributed by atoms with E-state index in [2.05, 4.69) is 4.98 Å². The number of H-pyrrole nitrogens is 1. The summed E-state index contributed by atoms with van der Waals surface area (Å²) in [5, 5.41) is 0. The zero-order valence-corrected chi connectivity index (χ0v) is 8.46. The second-order valence-electron chi connectivity index (χ2n) is 1.70. The van der Waals surface area contributed by atoms with E-state index in [-0.39, 0.29) is 31.0 Å². The molecule has 0 aliphatic carbocycles. The van der Waals surface area contributed by atoms with Crippen molar-refractivity contribution < 1.29 is 31.0 Å². The van der Waals surface area contributed by atoms with Crippen molar-refractivity contribution in [3.05, 3.63) is 28.5 Å². The fourth-order valence-electron chi connectivity index (χ4n) is 0.558. The monoisotopic (exact) mass is 149 g/mol. The first-order chi connectivity index (χ1) is 3.79. The molecule has 0 aliphatic heterocycles. The summed E-state index contributed by atoms with van der Waals surface area (Å²) in [4.78, 5) is 2.98. The molecule has 44 valence electrons. The average Bonchev–Trinajstić information content (AvgIpc) is 1.64. The zero-order chi connectivity index (χ0) is 5.98. The van der Waals surface area contributed by atoms with Crippen LogP contribution in [0.15, 0.2) is 18.2 Å². The van der Waals surface area contributed by atoms with Gasteiger partial charge in [0.25, 0.3) is 0 Å². The van der Waals surface area contributed by atoms with Gasteiger partial charge in [-0.3, -0.25) is 0 Å². The molecular formula is C6H8NNaS. The van der Waals surface area contributed by atoms with Gasteiger partial charge in [0.05, 0.1) is 0 Å². The van der Waals surface area contributed by atoms with Gasteiger partial charge >= 0.3 is 29.6 Å². The molecule has 0 spiro atoms. The Balaban J connectivity index is 0. The molecule has 1 aromatic heterocycles. The fourth-order valence-corrected chi connectivity index (χ4v) is 0.797. The average molecular weight is 149 g/mol. The van der Waals surface area contributed by atoms with Crippen LogP contribution in [-0.2, 0) is 0 Å². The van der Waals surface area contributed by atoms with Crippen LogP contribution in [0.5, 0.6) is 0 Å². The van der Waals surface area contributed by atoms with E-state index in [0.29, 0.717) is 0 Å². The summed E-state index contributed by atoms with van der Waals surface area (Å²) in [7, 11) is 0. The molecule has 1 nitrogen and oxygen atoms in total. The molecule has 0 bridgehead atoms. The molecule has 0 saturated heterocycles. The van der Waals surface area contributed by atoms with Gasteiger partial charge in [-0.05, 0) is 19.1 Å². The third kappa shape index (κ3) is 3.16. The van der Waals surface area contributed by atoms with Gasteiger partial charge in [0, 0.05) is 5.69 Å². The van der Waals surface area contributed by atoms with Gasteiger partial charge < -0.3 is 6.41 Å². The van der Waals surface area contributed by atoms with E-state index in [4.69, 9.17) is 12.2 Å². The largest absolute Gasteiger partial charge is 1.00 e. The van der Waals surface area contributed by atoms with Crippen molar-refractivity contribution in [3.63, 3.8) is 0 Å². The summed E-state index contributed by atoms with van der Waals surface area (Å²) < 4.78 is 0.796. The van der Waals surface area contributed by atoms with Gasteiger partial charge in [-0.25, -0.2) is 0 Å². The molecule has 1 heterocycles. The molecule has 1 rings (SSSR count). The van der Waals surface area contributed by atoms with Crippen molar-refractivity contribution in [3.8, 4) is 0 Å². The van der Waals surface area contributed by atoms with E-state index in [1.807, 2.05) is 25.1 Å². The molecule has 0 aromatic carbocycles. The van der Waals surface area contributed by atoms with Crippen LogP contribution in [0.25, 0.3) is 0 Å². The first-order valence-electron chi connectivity index (χ1n) is 2.45. The summed E-state index contributed by atoms with van der Waals surface area (Å²) in [6.45, 7) is 1.98. The summed E-state index contributed by atoms with van der Waals surface area (Å²) in [6.07, 6.45) is 0. The Morgan fingerprint density at radius 2 is 2.22 bits per heavy atom. The molecule has 1 N–H and O–H groups in total. The standard InChI is InChI=1S/C6H7NS.Na.H/c1-5-3-2-4-6(8)7-5;;/h2-4H,1H3,(H,7,8);;/q;+1;-1. The van der Waals surface area contributed by atoms with E-state index in [9.17, 15) is 0 Å². The number of hydrogen-bond acceptors (Lipinski definition) is 1. The minimum absolute atomic E-state index is 0. The molecule has 1 aromatic rings. The number of hydrogen-bond donors (Lipinski definition) is 1. The molecule has 0 unspecified atom stereocenters. The van der Waals surface area contributed by atoms with Crippen LogP contribution in [0, 0.1) is 11.6 Å². The van der Waals surface area contributed by atoms with Crippen LogP contribution in [-0.4, -0.2) is 4.98 Å². The predicted octanol–water partition coefficient (Wildman–Crippen LogP) is -0.831. The van der Waals surface area contributed by atoms with Crippen LogP contribution in [0.3, 0.4) is 0 Å². The van der Waals surface area contributed by atoms with E-state index < -0.39 is 0 Å². The number of aromatic amines is 1. The number of rotatable bonds is 0. The maximum absolute atomic E-state index is 4.84.